The van der Waals surface area contributed by atoms with Gasteiger partial charge in [-0.05, 0) is 31.7 Å². The second-order valence-corrected chi connectivity index (χ2v) is 7.26. The van der Waals surface area contributed by atoms with E-state index in [0.29, 0.717) is 13.1 Å². The predicted octanol–water partition coefficient (Wildman–Crippen LogP) is 2.23. The number of aliphatic hydroxyl groups is 1. The summed E-state index contributed by atoms with van der Waals surface area (Å²) in [5, 5.41) is 9.47. The summed E-state index contributed by atoms with van der Waals surface area (Å²) < 4.78 is 5.90. The first kappa shape index (κ1) is 16.6. The number of morpholine rings is 1. The van der Waals surface area contributed by atoms with Gasteiger partial charge in [-0.25, -0.2) is 0 Å². The summed E-state index contributed by atoms with van der Waals surface area (Å²) in [4.78, 5) is 3.55. The van der Waals surface area contributed by atoms with E-state index >= 15 is 0 Å². The molecule has 118 valence electrons. The molecule has 2 rings (SSSR count). The maximum atomic E-state index is 9.47. The molecule has 0 bridgehead atoms. The quantitative estimate of drug-likeness (QED) is 0.817. The molecule has 3 N–H and O–H groups in total. The molecule has 1 aliphatic heterocycles. The number of thioether (sulfide) groups is 1. The Hall–Kier alpha value is -0.750. The van der Waals surface area contributed by atoms with Crippen molar-refractivity contribution >= 4 is 17.4 Å². The van der Waals surface area contributed by atoms with E-state index in [1.54, 1.807) is 0 Å². The van der Waals surface area contributed by atoms with Crippen LogP contribution >= 0.6 is 11.8 Å². The van der Waals surface area contributed by atoms with Gasteiger partial charge in [0, 0.05) is 35.8 Å². The summed E-state index contributed by atoms with van der Waals surface area (Å²) in [5.41, 5.74) is 8.10. The van der Waals surface area contributed by atoms with E-state index in [0.717, 1.165) is 12.3 Å². The summed E-state index contributed by atoms with van der Waals surface area (Å²) in [7, 11) is 0. The number of hydrogen-bond donors (Lipinski definition) is 2. The second-order valence-electron chi connectivity index (χ2n) is 5.95. The Bertz CT molecular complexity index is 479. The number of nitrogens with two attached hydrogens (primary N) is 1. The number of anilines is 1. The Morgan fingerprint density at radius 3 is 2.86 bits per heavy atom. The number of aliphatic hydroxyl groups excluding tert-OH is 1. The molecule has 4 nitrogen and oxygen atoms in total. The Labute approximate surface area is 131 Å². The largest absolute Gasteiger partial charge is 0.394 e. The summed E-state index contributed by atoms with van der Waals surface area (Å²) in [5.74, 6) is 1.03. The number of ether oxygens (including phenoxy) is 1. The molecule has 1 aromatic carbocycles. The van der Waals surface area contributed by atoms with Gasteiger partial charge in [0.1, 0.15) is 0 Å². The highest BCUT2D eigenvalue weighted by atomic mass is 32.2. The van der Waals surface area contributed by atoms with E-state index in [1.807, 2.05) is 11.8 Å². The molecule has 1 saturated heterocycles. The third-order valence-corrected chi connectivity index (χ3v) is 4.62. The minimum atomic E-state index is -0.272. The minimum absolute atomic E-state index is 0.0429. The second kappa shape index (κ2) is 7.01. The Kier molecular flexibility index (Phi) is 5.54. The lowest BCUT2D eigenvalue weighted by Gasteiger charge is -2.44. The molecule has 0 aliphatic carbocycles. The highest BCUT2D eigenvalue weighted by molar-refractivity contribution is 7.99. The third kappa shape index (κ3) is 3.92. The molecule has 1 aromatic rings. The Balaban J connectivity index is 2.33. The highest BCUT2D eigenvalue weighted by Gasteiger charge is 2.34. The van der Waals surface area contributed by atoms with Crippen LogP contribution in [0.2, 0.25) is 0 Å². The first-order chi connectivity index (χ1) is 10.0. The van der Waals surface area contributed by atoms with Crippen LogP contribution in [0, 0.1) is 0 Å². The van der Waals surface area contributed by atoms with Crippen molar-refractivity contribution in [2.75, 3.05) is 30.3 Å². The van der Waals surface area contributed by atoms with Gasteiger partial charge in [-0.2, -0.15) is 0 Å². The van der Waals surface area contributed by atoms with Gasteiger partial charge >= 0.3 is 0 Å². The lowest BCUT2D eigenvalue weighted by atomic mass is 10.0. The van der Waals surface area contributed by atoms with Gasteiger partial charge in [-0.15, -0.1) is 11.8 Å². The monoisotopic (exact) mass is 310 g/mol. The van der Waals surface area contributed by atoms with Crippen molar-refractivity contribution in [3.05, 3.63) is 23.8 Å². The number of rotatable bonds is 5. The molecule has 1 fully saturated rings. The number of benzene rings is 1. The molecule has 21 heavy (non-hydrogen) atoms. The molecule has 1 heterocycles. The fourth-order valence-corrected chi connectivity index (χ4v) is 3.77. The van der Waals surface area contributed by atoms with Crippen molar-refractivity contribution in [2.45, 2.75) is 43.9 Å². The topological polar surface area (TPSA) is 58.7 Å². The minimum Gasteiger partial charge on any atom is -0.394 e. The Morgan fingerprint density at radius 1 is 1.48 bits per heavy atom. The number of nitrogens with zero attached hydrogens (tertiary/aromatic N) is 1. The maximum absolute atomic E-state index is 9.47. The lowest BCUT2D eigenvalue weighted by Crippen LogP contribution is -2.54. The van der Waals surface area contributed by atoms with Crippen molar-refractivity contribution in [1.29, 1.82) is 0 Å². The summed E-state index contributed by atoms with van der Waals surface area (Å²) >= 11 is 1.82. The van der Waals surface area contributed by atoms with Gasteiger partial charge in [0.25, 0.3) is 0 Å². The molecule has 0 radical (unpaired) electrons. The zero-order valence-corrected chi connectivity index (χ0v) is 13.9. The van der Waals surface area contributed by atoms with Crippen LogP contribution in [-0.2, 0) is 11.3 Å². The zero-order chi connectivity index (χ0) is 15.5. The van der Waals surface area contributed by atoms with Gasteiger partial charge in [-0.3, -0.25) is 0 Å². The van der Waals surface area contributed by atoms with E-state index < -0.39 is 0 Å². The SMILES string of the molecule is CCSc1cccc(N2CC(CO)OC(C)(C)C2)c1CN. The molecule has 0 spiro atoms. The summed E-state index contributed by atoms with van der Waals surface area (Å²) in [6, 6.07) is 6.34. The van der Waals surface area contributed by atoms with Crippen LogP contribution in [0.5, 0.6) is 0 Å². The lowest BCUT2D eigenvalue weighted by molar-refractivity contribution is -0.101. The molecule has 1 unspecified atom stereocenters. The van der Waals surface area contributed by atoms with Crippen LogP contribution in [-0.4, -0.2) is 42.3 Å². The van der Waals surface area contributed by atoms with Gasteiger partial charge in [0.05, 0.1) is 18.3 Å². The summed E-state index contributed by atoms with van der Waals surface area (Å²) in [6.07, 6.45) is -0.151. The van der Waals surface area contributed by atoms with E-state index in [-0.39, 0.29) is 18.3 Å². The molecule has 1 aliphatic rings. The van der Waals surface area contributed by atoms with Crippen LogP contribution in [0.1, 0.15) is 26.3 Å². The van der Waals surface area contributed by atoms with Crippen LogP contribution in [0.3, 0.4) is 0 Å². The highest BCUT2D eigenvalue weighted by Crippen LogP contribution is 2.33. The van der Waals surface area contributed by atoms with Crippen LogP contribution in [0.15, 0.2) is 23.1 Å². The van der Waals surface area contributed by atoms with Crippen LogP contribution in [0.4, 0.5) is 5.69 Å². The maximum Gasteiger partial charge on any atom is 0.0988 e. The fraction of sp³-hybridized carbons (Fsp3) is 0.625. The van der Waals surface area contributed by atoms with Crippen molar-refractivity contribution < 1.29 is 9.84 Å². The summed E-state index contributed by atoms with van der Waals surface area (Å²) in [6.45, 7) is 8.35. The molecule has 0 aromatic heterocycles. The third-order valence-electron chi connectivity index (χ3n) is 3.64. The standard InChI is InChI=1S/C16H26N2O2S/c1-4-21-15-7-5-6-14(13(15)8-17)18-9-12(10-19)20-16(2,3)11-18/h5-7,12,19H,4,8-11,17H2,1-3H3. The van der Waals surface area contributed by atoms with Crippen molar-refractivity contribution in [2.24, 2.45) is 5.73 Å². The van der Waals surface area contributed by atoms with Crippen molar-refractivity contribution in [3.63, 3.8) is 0 Å². The predicted molar refractivity (Wildman–Crippen MR) is 89.0 cm³/mol. The van der Waals surface area contributed by atoms with Gasteiger partial charge in [0.15, 0.2) is 0 Å². The van der Waals surface area contributed by atoms with Crippen molar-refractivity contribution in [3.8, 4) is 0 Å². The zero-order valence-electron chi connectivity index (χ0n) is 13.1. The number of hydrogen-bond acceptors (Lipinski definition) is 5. The average Bonchev–Trinajstić information content (AvgIpc) is 2.45. The van der Waals surface area contributed by atoms with E-state index in [2.05, 4.69) is 43.9 Å². The van der Waals surface area contributed by atoms with Crippen molar-refractivity contribution in [1.82, 2.24) is 0 Å². The van der Waals surface area contributed by atoms with Gasteiger partial charge in [0.2, 0.25) is 0 Å². The molecule has 1 atom stereocenters. The molecule has 5 heteroatoms. The van der Waals surface area contributed by atoms with Gasteiger partial charge < -0.3 is 20.5 Å². The Morgan fingerprint density at radius 2 is 2.24 bits per heavy atom. The first-order valence-electron chi connectivity index (χ1n) is 7.49. The van der Waals surface area contributed by atoms with E-state index in [9.17, 15) is 5.11 Å². The smallest absolute Gasteiger partial charge is 0.0988 e. The van der Waals surface area contributed by atoms with Crippen LogP contribution in [0.25, 0.3) is 0 Å². The van der Waals surface area contributed by atoms with Crippen LogP contribution < -0.4 is 10.6 Å². The molecule has 0 amide bonds. The fourth-order valence-electron chi connectivity index (χ4n) is 2.92. The molecular formula is C16H26N2O2S. The average molecular weight is 310 g/mol. The van der Waals surface area contributed by atoms with E-state index in [1.165, 1.54) is 16.1 Å². The molecule has 0 saturated carbocycles. The first-order valence-corrected chi connectivity index (χ1v) is 8.47. The van der Waals surface area contributed by atoms with E-state index in [4.69, 9.17) is 10.5 Å². The molecular weight excluding hydrogens is 284 g/mol. The van der Waals surface area contributed by atoms with Gasteiger partial charge in [-0.1, -0.05) is 13.0 Å². The normalized spacial score (nSPS) is 21.6.